The second-order valence-electron chi connectivity index (χ2n) is 14.5. The Balaban J connectivity index is 0.989. The molecule has 4 heterocycles. The predicted octanol–water partition coefficient (Wildman–Crippen LogP) is 14.5. The molecular weight excluding hydrogens is 701 g/mol. The second kappa shape index (κ2) is 12.4. The van der Waals surface area contributed by atoms with E-state index in [4.69, 9.17) is 23.2 Å². The van der Waals surface area contributed by atoms with E-state index < -0.39 is 0 Å². The molecule has 0 fully saturated rings. The molecule has 266 valence electrons. The zero-order valence-corrected chi connectivity index (χ0v) is 30.4. The first kappa shape index (κ1) is 31.6. The van der Waals surface area contributed by atoms with Crippen LogP contribution < -0.4 is 0 Å². The molecule has 0 aliphatic heterocycles. The molecule has 5 heteroatoms. The Morgan fingerprint density at radius 1 is 0.298 bits per heavy atom. The first-order chi connectivity index (χ1) is 28.2. The standard InChI is InChI=1S/C52H30N2O3/c1-2-11-32(12-3-1)43-30-44(54-52(53-43)34-25-26-38-36-13-4-7-18-45(36)55-48(38)29-34)33-23-21-31(22-24-33)35-27-28-41(51-49(35)42-15-6-9-20-47(42)57-51)40-17-10-16-39-37-14-5-8-19-46(37)56-50(39)40/h1-30H. The maximum Gasteiger partial charge on any atom is 0.160 e. The van der Waals surface area contributed by atoms with E-state index in [1.54, 1.807) is 0 Å². The summed E-state index contributed by atoms with van der Waals surface area (Å²) in [5, 5.41) is 6.50. The monoisotopic (exact) mass is 730 g/mol. The van der Waals surface area contributed by atoms with Crippen LogP contribution in [0.5, 0.6) is 0 Å². The lowest BCUT2D eigenvalue weighted by molar-refractivity contribution is 0.665. The van der Waals surface area contributed by atoms with Gasteiger partial charge in [0.05, 0.1) is 11.4 Å². The number of aromatic nitrogens is 2. The van der Waals surface area contributed by atoms with Gasteiger partial charge in [0.15, 0.2) is 5.82 Å². The SMILES string of the molecule is c1ccc(-c2cc(-c3ccc(-c4ccc(-c5cccc6c5oc5ccccc56)c5oc6ccccc6c45)cc3)nc(-c3ccc4c(c3)oc3ccccc34)n2)cc1. The predicted molar refractivity (Wildman–Crippen MR) is 231 cm³/mol. The quantitative estimate of drug-likeness (QED) is 0.176. The van der Waals surface area contributed by atoms with Crippen LogP contribution in [0.4, 0.5) is 0 Å². The van der Waals surface area contributed by atoms with Gasteiger partial charge in [0, 0.05) is 60.1 Å². The number of nitrogens with zero attached hydrogens (tertiary/aromatic N) is 2. The van der Waals surface area contributed by atoms with Crippen LogP contribution in [-0.4, -0.2) is 9.97 Å². The topological polar surface area (TPSA) is 65.2 Å². The number of furan rings is 3. The van der Waals surface area contributed by atoms with E-state index in [-0.39, 0.29) is 0 Å². The van der Waals surface area contributed by atoms with Crippen LogP contribution in [0.25, 0.3) is 122 Å². The zero-order chi connectivity index (χ0) is 37.5. The third-order valence-electron chi connectivity index (χ3n) is 11.1. The largest absolute Gasteiger partial charge is 0.456 e. The van der Waals surface area contributed by atoms with E-state index in [9.17, 15) is 0 Å². The van der Waals surface area contributed by atoms with Crippen molar-refractivity contribution in [2.45, 2.75) is 0 Å². The smallest absolute Gasteiger partial charge is 0.160 e. The highest BCUT2D eigenvalue weighted by Gasteiger charge is 2.21. The highest BCUT2D eigenvalue weighted by atomic mass is 16.3. The summed E-state index contributed by atoms with van der Waals surface area (Å²) in [6.45, 7) is 0. The summed E-state index contributed by atoms with van der Waals surface area (Å²) >= 11 is 0. The van der Waals surface area contributed by atoms with E-state index in [0.717, 1.165) is 116 Å². The third kappa shape index (κ3) is 5.03. The van der Waals surface area contributed by atoms with Crippen molar-refractivity contribution < 1.29 is 13.3 Å². The molecule has 0 aliphatic rings. The molecule has 4 aromatic heterocycles. The number of fused-ring (bicyclic) bond motifs is 9. The fraction of sp³-hybridized carbons (Fsp3) is 0. The van der Waals surface area contributed by atoms with Gasteiger partial charge in [-0.3, -0.25) is 0 Å². The highest BCUT2D eigenvalue weighted by molar-refractivity contribution is 6.19. The molecule has 8 aromatic carbocycles. The maximum absolute atomic E-state index is 6.71. The lowest BCUT2D eigenvalue weighted by Gasteiger charge is -2.11. The molecule has 12 aromatic rings. The number of hydrogen-bond acceptors (Lipinski definition) is 5. The lowest BCUT2D eigenvalue weighted by atomic mass is 9.93. The molecule has 0 aliphatic carbocycles. The van der Waals surface area contributed by atoms with Crippen LogP contribution in [0.1, 0.15) is 0 Å². The minimum absolute atomic E-state index is 0.638. The van der Waals surface area contributed by atoms with Gasteiger partial charge in [-0.05, 0) is 53.6 Å². The minimum atomic E-state index is 0.638. The Kier molecular flexibility index (Phi) is 6.86. The van der Waals surface area contributed by atoms with Gasteiger partial charge >= 0.3 is 0 Å². The average molecular weight is 731 g/mol. The second-order valence-corrected chi connectivity index (χ2v) is 14.5. The van der Waals surface area contributed by atoms with Crippen molar-refractivity contribution in [3.05, 3.63) is 182 Å². The van der Waals surface area contributed by atoms with E-state index in [2.05, 4.69) is 115 Å². The van der Waals surface area contributed by atoms with Crippen LogP contribution in [0.2, 0.25) is 0 Å². The summed E-state index contributed by atoms with van der Waals surface area (Å²) in [7, 11) is 0. The Labute approximate surface area is 326 Å². The third-order valence-corrected chi connectivity index (χ3v) is 11.1. The average Bonchev–Trinajstić information content (AvgIpc) is 3.98. The Morgan fingerprint density at radius 2 is 0.825 bits per heavy atom. The molecule has 5 nitrogen and oxygen atoms in total. The number of benzene rings is 8. The van der Waals surface area contributed by atoms with Crippen LogP contribution in [0.15, 0.2) is 195 Å². The molecular formula is C52H30N2O3. The summed E-state index contributed by atoms with van der Waals surface area (Å²) in [5.74, 6) is 0.638. The van der Waals surface area contributed by atoms with Crippen molar-refractivity contribution in [2.75, 3.05) is 0 Å². The Hall–Kier alpha value is -7.76. The Bertz CT molecular complexity index is 3520. The van der Waals surface area contributed by atoms with Gasteiger partial charge in [-0.15, -0.1) is 0 Å². The van der Waals surface area contributed by atoms with E-state index in [1.807, 2.05) is 66.7 Å². The van der Waals surface area contributed by atoms with Gasteiger partial charge in [0.2, 0.25) is 0 Å². The summed E-state index contributed by atoms with van der Waals surface area (Å²) in [5.41, 5.74) is 13.8. The molecule has 0 amide bonds. The molecule has 0 radical (unpaired) electrons. The van der Waals surface area contributed by atoms with Crippen molar-refractivity contribution in [2.24, 2.45) is 0 Å². The van der Waals surface area contributed by atoms with Crippen molar-refractivity contribution in [1.82, 2.24) is 9.97 Å². The first-order valence-electron chi connectivity index (χ1n) is 19.1. The minimum Gasteiger partial charge on any atom is -0.456 e. The molecule has 0 N–H and O–H groups in total. The van der Waals surface area contributed by atoms with Gasteiger partial charge in [-0.2, -0.15) is 0 Å². The van der Waals surface area contributed by atoms with E-state index in [0.29, 0.717) is 5.82 Å². The fourth-order valence-corrected chi connectivity index (χ4v) is 8.41. The summed E-state index contributed by atoms with van der Waals surface area (Å²) in [4.78, 5) is 10.2. The molecule has 0 saturated heterocycles. The van der Waals surface area contributed by atoms with Crippen LogP contribution in [0, 0.1) is 0 Å². The molecule has 0 bridgehead atoms. The van der Waals surface area contributed by atoms with Crippen molar-refractivity contribution >= 4 is 65.8 Å². The number of hydrogen-bond donors (Lipinski definition) is 0. The molecule has 0 atom stereocenters. The van der Waals surface area contributed by atoms with Gasteiger partial charge < -0.3 is 13.3 Å². The zero-order valence-electron chi connectivity index (χ0n) is 30.4. The normalized spacial score (nSPS) is 11.9. The van der Waals surface area contributed by atoms with Gasteiger partial charge in [0.25, 0.3) is 0 Å². The van der Waals surface area contributed by atoms with Crippen molar-refractivity contribution in [3.8, 4) is 56.2 Å². The summed E-state index contributed by atoms with van der Waals surface area (Å²) < 4.78 is 19.4. The van der Waals surface area contributed by atoms with Gasteiger partial charge in [0.1, 0.15) is 33.5 Å². The van der Waals surface area contributed by atoms with Crippen LogP contribution >= 0.6 is 0 Å². The van der Waals surface area contributed by atoms with Crippen LogP contribution in [-0.2, 0) is 0 Å². The highest BCUT2D eigenvalue weighted by Crippen LogP contribution is 2.45. The molecule has 57 heavy (non-hydrogen) atoms. The molecule has 0 unspecified atom stereocenters. The van der Waals surface area contributed by atoms with Crippen molar-refractivity contribution in [3.63, 3.8) is 0 Å². The van der Waals surface area contributed by atoms with Gasteiger partial charge in [-0.1, -0.05) is 140 Å². The Morgan fingerprint density at radius 3 is 1.60 bits per heavy atom. The molecule has 0 saturated carbocycles. The number of rotatable bonds is 5. The van der Waals surface area contributed by atoms with Gasteiger partial charge in [-0.25, -0.2) is 9.97 Å². The number of para-hydroxylation sites is 4. The van der Waals surface area contributed by atoms with Crippen LogP contribution in [0.3, 0.4) is 0 Å². The molecule has 12 rings (SSSR count). The maximum atomic E-state index is 6.71. The molecule has 0 spiro atoms. The fourth-order valence-electron chi connectivity index (χ4n) is 8.41. The van der Waals surface area contributed by atoms with Crippen molar-refractivity contribution in [1.29, 1.82) is 0 Å². The summed E-state index contributed by atoms with van der Waals surface area (Å²) in [6, 6.07) is 62.5. The lowest BCUT2D eigenvalue weighted by Crippen LogP contribution is -1.96. The summed E-state index contributed by atoms with van der Waals surface area (Å²) in [6.07, 6.45) is 0. The van der Waals surface area contributed by atoms with E-state index >= 15 is 0 Å². The van der Waals surface area contributed by atoms with E-state index in [1.165, 1.54) is 0 Å². The first-order valence-corrected chi connectivity index (χ1v) is 19.1.